The highest BCUT2D eigenvalue weighted by atomic mass is 32.2. The predicted molar refractivity (Wildman–Crippen MR) is 160 cm³/mol. The Morgan fingerprint density at radius 2 is 1.44 bits per heavy atom. The van der Waals surface area contributed by atoms with E-state index in [0.717, 1.165) is 12.1 Å². The molecule has 3 rings (SSSR count). The standard InChI is InChI=1S/C29H36N2O10S2/c1-20-17-22(30(9-13-32)10-14-33)3-6-25(20)29(26-7-4-23(18-21(26)2)31(11-15-34)12-16-35)27-8-5-24(42(36,37)38)19-28(27)43(39,40)41/h3-8,17-19,32-35H,9-16H2,1-2H3,(H-,36,37,38,39,40,41). The Hall–Kier alpha value is -3.21. The smallest absolute Gasteiger partial charge is 0.294 e. The molecule has 0 atom stereocenters. The molecule has 0 heterocycles. The number of allylic oxidation sites excluding steroid dienone is 5. The molecule has 2 aromatic carbocycles. The molecular formula is C29H36N2O10S2. The highest BCUT2D eigenvalue weighted by Crippen LogP contribution is 2.39. The predicted octanol–water partition coefficient (Wildman–Crippen LogP) is 0.693. The summed E-state index contributed by atoms with van der Waals surface area (Å²) in [6.07, 6.45) is 5.21. The number of aliphatic hydroxyl groups excluding tert-OH is 4. The Kier molecular flexibility index (Phi) is 11.6. The lowest BCUT2D eigenvalue weighted by atomic mass is 9.85. The maximum Gasteiger partial charge on any atom is 0.294 e. The highest BCUT2D eigenvalue weighted by Gasteiger charge is 2.25. The molecule has 1 aliphatic carbocycles. The maximum absolute atomic E-state index is 12.5. The Balaban J connectivity index is 2.41. The molecule has 234 valence electrons. The van der Waals surface area contributed by atoms with Crippen LogP contribution in [0.4, 0.5) is 5.69 Å². The Morgan fingerprint density at radius 1 is 0.837 bits per heavy atom. The summed E-state index contributed by atoms with van der Waals surface area (Å²) < 4.78 is 72.5. The van der Waals surface area contributed by atoms with Crippen LogP contribution in [0.1, 0.15) is 23.6 Å². The molecular weight excluding hydrogens is 600 g/mol. The van der Waals surface area contributed by atoms with Gasteiger partial charge in [-0.2, -0.15) is 8.42 Å². The fourth-order valence-corrected chi connectivity index (χ4v) is 6.28. The summed E-state index contributed by atoms with van der Waals surface area (Å²) in [6, 6.07) is 8.02. The van der Waals surface area contributed by atoms with Crippen molar-refractivity contribution in [3.05, 3.63) is 82.5 Å². The van der Waals surface area contributed by atoms with Crippen molar-refractivity contribution in [2.24, 2.45) is 0 Å². The molecule has 43 heavy (non-hydrogen) atoms. The number of aliphatic hydroxyl groups is 4. The summed E-state index contributed by atoms with van der Waals surface area (Å²) in [7, 11) is -10.1. The van der Waals surface area contributed by atoms with Crippen molar-refractivity contribution < 1.29 is 50.9 Å². The van der Waals surface area contributed by atoms with Gasteiger partial charge in [0.1, 0.15) is 23.3 Å². The van der Waals surface area contributed by atoms with E-state index in [1.807, 2.05) is 0 Å². The third-order valence-electron chi connectivity index (χ3n) is 6.96. The molecule has 5 N–H and O–H groups in total. The van der Waals surface area contributed by atoms with E-state index in [1.54, 1.807) is 59.8 Å². The highest BCUT2D eigenvalue weighted by molar-refractivity contribution is 7.86. The molecule has 0 aromatic heterocycles. The summed E-state index contributed by atoms with van der Waals surface area (Å²) in [4.78, 5) is 0.174. The number of aryl methyl sites for hydroxylation is 1. The van der Waals surface area contributed by atoms with Crippen molar-refractivity contribution in [1.29, 1.82) is 0 Å². The first-order chi connectivity index (χ1) is 20.3. The van der Waals surface area contributed by atoms with Gasteiger partial charge in [-0.15, -0.1) is 0 Å². The third-order valence-corrected chi connectivity index (χ3v) is 8.68. The summed E-state index contributed by atoms with van der Waals surface area (Å²) in [6.45, 7) is 3.93. The van der Waals surface area contributed by atoms with Crippen molar-refractivity contribution in [2.75, 3.05) is 57.5 Å². The molecule has 1 aliphatic rings. The summed E-state index contributed by atoms with van der Waals surface area (Å²) in [5.74, 6) is 0. The molecule has 0 saturated carbocycles. The molecule has 0 bridgehead atoms. The van der Waals surface area contributed by atoms with Crippen LogP contribution in [0.15, 0.2) is 75.6 Å². The van der Waals surface area contributed by atoms with E-state index in [-0.39, 0.29) is 58.2 Å². The lowest BCUT2D eigenvalue weighted by Crippen LogP contribution is -2.29. The first kappa shape index (κ1) is 34.3. The average molecular weight is 637 g/mol. The van der Waals surface area contributed by atoms with Crippen LogP contribution in [0, 0.1) is 6.92 Å². The average Bonchev–Trinajstić information content (AvgIpc) is 2.93. The topological polar surface area (TPSA) is 199 Å². The van der Waals surface area contributed by atoms with Crippen LogP contribution in [0.5, 0.6) is 0 Å². The fraction of sp³-hybridized carbons (Fsp3) is 0.345. The van der Waals surface area contributed by atoms with Crippen molar-refractivity contribution in [3.63, 3.8) is 0 Å². The largest absolute Gasteiger partial charge is 0.744 e. The molecule has 0 saturated heterocycles. The van der Waals surface area contributed by atoms with Crippen LogP contribution >= 0.6 is 0 Å². The van der Waals surface area contributed by atoms with Gasteiger partial charge >= 0.3 is 0 Å². The SMILES string of the molecule is CC1=CC(=[N+](CCO)CCO)C=C/C1=C(/c1ccc(N(CCO)CCO)cc1C)c1ccc(S(=O)(=O)O)cc1S(=O)(=O)[O-]. The number of hydrogen-bond acceptors (Lipinski definition) is 10. The summed E-state index contributed by atoms with van der Waals surface area (Å²) in [5, 5.41) is 37.9. The summed E-state index contributed by atoms with van der Waals surface area (Å²) >= 11 is 0. The lowest BCUT2D eigenvalue weighted by Gasteiger charge is -2.26. The second kappa shape index (κ2) is 14.5. The van der Waals surface area contributed by atoms with Gasteiger partial charge in [0, 0.05) is 36.5 Å². The van der Waals surface area contributed by atoms with Gasteiger partial charge in [-0.3, -0.25) is 4.55 Å². The van der Waals surface area contributed by atoms with E-state index in [9.17, 15) is 46.4 Å². The quantitative estimate of drug-likeness (QED) is 0.153. The Bertz CT molecular complexity index is 1680. The zero-order valence-corrected chi connectivity index (χ0v) is 25.5. The molecule has 0 amide bonds. The second-order valence-corrected chi connectivity index (χ2v) is 12.6. The molecule has 14 heteroatoms. The van der Waals surface area contributed by atoms with Gasteiger partial charge in [-0.1, -0.05) is 12.1 Å². The van der Waals surface area contributed by atoms with Crippen molar-refractivity contribution in [1.82, 2.24) is 0 Å². The monoisotopic (exact) mass is 636 g/mol. The van der Waals surface area contributed by atoms with Crippen LogP contribution in [0.2, 0.25) is 0 Å². The first-order valence-corrected chi connectivity index (χ1v) is 16.2. The van der Waals surface area contributed by atoms with Gasteiger partial charge in [-0.05, 0) is 72.0 Å². The van der Waals surface area contributed by atoms with Crippen LogP contribution in [-0.2, 0) is 20.2 Å². The summed E-state index contributed by atoms with van der Waals surface area (Å²) in [5.41, 5.74) is 3.89. The van der Waals surface area contributed by atoms with Crippen LogP contribution < -0.4 is 4.90 Å². The number of nitrogens with zero attached hydrogens (tertiary/aromatic N) is 2. The Labute approximate surface area is 251 Å². The van der Waals surface area contributed by atoms with Crippen LogP contribution in [0.25, 0.3) is 5.57 Å². The minimum atomic E-state index is -5.25. The normalized spacial score (nSPS) is 15.0. The van der Waals surface area contributed by atoms with Gasteiger partial charge in [0.25, 0.3) is 10.1 Å². The van der Waals surface area contributed by atoms with E-state index in [2.05, 4.69) is 0 Å². The van der Waals surface area contributed by atoms with E-state index in [0.29, 0.717) is 45.3 Å². The molecule has 0 spiro atoms. The lowest BCUT2D eigenvalue weighted by molar-refractivity contribution is -0.530. The van der Waals surface area contributed by atoms with Crippen LogP contribution in [0.3, 0.4) is 0 Å². The van der Waals surface area contributed by atoms with E-state index >= 15 is 0 Å². The minimum absolute atomic E-state index is 0.0840. The van der Waals surface area contributed by atoms with Crippen LogP contribution in [-0.4, -0.2) is 109 Å². The van der Waals surface area contributed by atoms with E-state index in [4.69, 9.17) is 0 Å². The van der Waals surface area contributed by atoms with Gasteiger partial charge in [0.2, 0.25) is 0 Å². The van der Waals surface area contributed by atoms with Crippen molar-refractivity contribution >= 4 is 37.2 Å². The molecule has 2 aromatic rings. The molecule has 0 fully saturated rings. The third kappa shape index (κ3) is 8.25. The van der Waals surface area contributed by atoms with Gasteiger partial charge in [-0.25, -0.2) is 13.0 Å². The molecule has 12 nitrogen and oxygen atoms in total. The van der Waals surface area contributed by atoms with Gasteiger partial charge in [0.05, 0.1) is 23.0 Å². The Morgan fingerprint density at radius 3 is 1.93 bits per heavy atom. The molecule has 0 aliphatic heterocycles. The number of benzene rings is 2. The van der Waals surface area contributed by atoms with E-state index < -0.39 is 30.0 Å². The van der Waals surface area contributed by atoms with Crippen molar-refractivity contribution in [2.45, 2.75) is 23.6 Å². The first-order valence-electron chi connectivity index (χ1n) is 13.4. The fourth-order valence-electron chi connectivity index (χ4n) is 4.98. The number of rotatable bonds is 13. The second-order valence-electron chi connectivity index (χ2n) is 9.83. The molecule has 0 unspecified atom stereocenters. The molecule has 0 radical (unpaired) electrons. The zero-order chi connectivity index (χ0) is 31.9. The zero-order valence-electron chi connectivity index (χ0n) is 23.8. The number of anilines is 1. The maximum atomic E-state index is 12.5. The number of hydrogen-bond donors (Lipinski definition) is 5. The van der Waals surface area contributed by atoms with E-state index in [1.165, 1.54) is 0 Å². The van der Waals surface area contributed by atoms with Gasteiger partial charge in [0.15, 0.2) is 18.8 Å². The minimum Gasteiger partial charge on any atom is -0.744 e. The van der Waals surface area contributed by atoms with Crippen molar-refractivity contribution in [3.8, 4) is 0 Å². The van der Waals surface area contributed by atoms with Gasteiger partial charge < -0.3 is 29.9 Å².